The number of piperidine rings is 2. The topological polar surface area (TPSA) is 127 Å². The molecule has 2 aromatic heterocycles. The molecule has 0 N–H and O–H groups in total. The van der Waals surface area contributed by atoms with Gasteiger partial charge >= 0.3 is 12.0 Å². The highest BCUT2D eigenvalue weighted by molar-refractivity contribution is 5.78. The van der Waals surface area contributed by atoms with Crippen molar-refractivity contribution >= 4 is 23.7 Å². The fraction of sp³-hybridized carbons (Fsp3) is 0.758. The van der Waals surface area contributed by atoms with Gasteiger partial charge in [0.15, 0.2) is 11.6 Å². The van der Waals surface area contributed by atoms with E-state index in [-0.39, 0.29) is 36.2 Å². The Morgan fingerprint density at radius 1 is 1.04 bits per heavy atom. The number of likely N-dealkylation sites (tertiary alicyclic amines) is 1. The van der Waals surface area contributed by atoms with Crippen molar-refractivity contribution in [2.45, 2.75) is 104 Å². The van der Waals surface area contributed by atoms with Gasteiger partial charge in [0.05, 0.1) is 19.1 Å². The number of carbonyl (C=O) groups excluding carboxylic acids is 2. The summed E-state index contributed by atoms with van der Waals surface area (Å²) in [6.45, 7) is 16.5. The van der Waals surface area contributed by atoms with Crippen LogP contribution in [-0.4, -0.2) is 88.1 Å². The molecule has 0 radical (unpaired) electrons. The zero-order valence-electron chi connectivity index (χ0n) is 27.9. The van der Waals surface area contributed by atoms with E-state index in [1.54, 1.807) is 0 Å². The largest absolute Gasteiger partial charge is 0.477 e. The summed E-state index contributed by atoms with van der Waals surface area (Å²) in [6.07, 6.45) is 5.87. The number of amides is 1. The van der Waals surface area contributed by atoms with Crippen LogP contribution in [0, 0.1) is 17.8 Å². The lowest BCUT2D eigenvalue weighted by Gasteiger charge is -2.35. The van der Waals surface area contributed by atoms with E-state index in [1.165, 1.54) is 0 Å². The number of hydrogen-bond acceptors (Lipinski definition) is 11. The molecule has 0 bridgehead atoms. The van der Waals surface area contributed by atoms with Crippen LogP contribution in [-0.2, 0) is 14.3 Å². The highest BCUT2D eigenvalue weighted by Gasteiger charge is 2.41. The monoisotopic (exact) mass is 625 g/mol. The van der Waals surface area contributed by atoms with Crippen LogP contribution < -0.4 is 14.5 Å². The second-order valence-corrected chi connectivity index (χ2v) is 14.3. The standard InChI is InChI=1S/C33H51N7O5/c1-22(2)31-34-32(45-37-31)38-16-12-24(13-17-38)23(3)14-18-43-28-11-10-27(35-36-28)39-20-25(19-30(42)44-33(4,5)6)26(21-39)40-15-8-7-9-29(40)41/h10-11,22-26H,7-9,12-21H2,1-6H3/t23-,25+,26+/m1/s1. The van der Waals surface area contributed by atoms with Crippen molar-refractivity contribution in [2.24, 2.45) is 17.8 Å². The van der Waals surface area contributed by atoms with Crippen molar-refractivity contribution in [1.29, 1.82) is 0 Å². The Balaban J connectivity index is 1.10. The normalized spacial score (nSPS) is 22.3. The van der Waals surface area contributed by atoms with E-state index in [2.05, 4.69) is 50.9 Å². The number of aromatic nitrogens is 4. The van der Waals surface area contributed by atoms with Gasteiger partial charge in [-0.2, -0.15) is 4.98 Å². The van der Waals surface area contributed by atoms with E-state index in [0.29, 0.717) is 49.8 Å². The van der Waals surface area contributed by atoms with Gasteiger partial charge in [-0.15, -0.1) is 10.2 Å². The van der Waals surface area contributed by atoms with Crippen LogP contribution in [0.3, 0.4) is 0 Å². The van der Waals surface area contributed by atoms with Crippen LogP contribution in [0.5, 0.6) is 5.88 Å². The lowest BCUT2D eigenvalue weighted by Crippen LogP contribution is -2.47. The molecule has 3 aliphatic rings. The minimum absolute atomic E-state index is 0.0301. The molecule has 5 heterocycles. The third kappa shape index (κ3) is 8.64. The SMILES string of the molecule is CC(C)c1noc(N2CCC([C@H](C)CCOc3ccc(N4C[C@H](CC(=O)OC(C)(C)C)[C@@H](N5CCCCC5=O)C4)nn3)CC2)n1. The average Bonchev–Trinajstić information content (AvgIpc) is 3.65. The number of nitrogens with zero attached hydrogens (tertiary/aromatic N) is 7. The highest BCUT2D eigenvalue weighted by Crippen LogP contribution is 2.32. The predicted octanol–water partition coefficient (Wildman–Crippen LogP) is 4.85. The van der Waals surface area contributed by atoms with Crippen molar-refractivity contribution in [3.63, 3.8) is 0 Å². The smallest absolute Gasteiger partial charge is 0.324 e. The van der Waals surface area contributed by atoms with Crippen molar-refractivity contribution in [1.82, 2.24) is 25.2 Å². The molecule has 0 unspecified atom stereocenters. The first-order valence-electron chi connectivity index (χ1n) is 16.8. The Labute approximate surface area is 267 Å². The van der Waals surface area contributed by atoms with Crippen molar-refractivity contribution < 1.29 is 23.6 Å². The highest BCUT2D eigenvalue weighted by atomic mass is 16.6. The average molecular weight is 626 g/mol. The summed E-state index contributed by atoms with van der Waals surface area (Å²) in [6, 6.07) is 4.37. The fourth-order valence-electron chi connectivity index (χ4n) is 6.76. The number of ether oxygens (including phenoxy) is 2. The first-order valence-corrected chi connectivity index (χ1v) is 16.8. The molecule has 12 nitrogen and oxygen atoms in total. The van der Waals surface area contributed by atoms with Crippen LogP contribution >= 0.6 is 0 Å². The number of rotatable bonds is 11. The Hall–Kier alpha value is -3.44. The molecule has 3 saturated heterocycles. The lowest BCUT2D eigenvalue weighted by molar-refractivity contribution is -0.157. The fourth-order valence-corrected chi connectivity index (χ4v) is 6.76. The summed E-state index contributed by atoms with van der Waals surface area (Å²) in [5, 5.41) is 12.9. The van der Waals surface area contributed by atoms with E-state index in [1.807, 2.05) is 37.8 Å². The van der Waals surface area contributed by atoms with Crippen LogP contribution in [0.4, 0.5) is 11.8 Å². The Bertz CT molecular complexity index is 1270. The van der Waals surface area contributed by atoms with Crippen molar-refractivity contribution in [3.8, 4) is 5.88 Å². The van der Waals surface area contributed by atoms with Gasteiger partial charge < -0.3 is 28.7 Å². The van der Waals surface area contributed by atoms with Gasteiger partial charge in [-0.25, -0.2) is 0 Å². The van der Waals surface area contributed by atoms with Crippen LogP contribution in [0.1, 0.15) is 98.2 Å². The van der Waals surface area contributed by atoms with Crippen LogP contribution in [0.15, 0.2) is 16.7 Å². The maximum Gasteiger partial charge on any atom is 0.324 e. The summed E-state index contributed by atoms with van der Waals surface area (Å²) in [7, 11) is 0. The molecule has 0 saturated carbocycles. The molecule has 248 valence electrons. The maximum atomic E-state index is 12.8. The van der Waals surface area contributed by atoms with Crippen molar-refractivity contribution in [3.05, 3.63) is 18.0 Å². The van der Waals surface area contributed by atoms with E-state index >= 15 is 0 Å². The van der Waals surface area contributed by atoms with Gasteiger partial charge in [0.1, 0.15) is 5.60 Å². The molecule has 3 atom stereocenters. The molecule has 2 aromatic rings. The molecule has 0 aliphatic carbocycles. The molecular weight excluding hydrogens is 574 g/mol. The first-order chi connectivity index (χ1) is 21.5. The zero-order valence-corrected chi connectivity index (χ0v) is 27.9. The minimum atomic E-state index is -0.545. The van der Waals surface area contributed by atoms with Gasteiger partial charge in [-0.3, -0.25) is 9.59 Å². The number of hydrogen-bond donors (Lipinski definition) is 0. The second-order valence-electron chi connectivity index (χ2n) is 14.3. The Kier molecular flexibility index (Phi) is 10.5. The summed E-state index contributed by atoms with van der Waals surface area (Å²) < 4.78 is 17.1. The third-order valence-electron chi connectivity index (χ3n) is 9.35. The maximum absolute atomic E-state index is 12.8. The van der Waals surface area contributed by atoms with E-state index in [4.69, 9.17) is 14.0 Å². The first kappa shape index (κ1) is 32.9. The molecule has 5 rings (SSSR count). The molecule has 0 aromatic carbocycles. The molecule has 3 aliphatic heterocycles. The van der Waals surface area contributed by atoms with Crippen LogP contribution in [0.2, 0.25) is 0 Å². The molecule has 1 amide bonds. The minimum Gasteiger partial charge on any atom is -0.477 e. The van der Waals surface area contributed by atoms with Gasteiger partial charge in [0.25, 0.3) is 0 Å². The van der Waals surface area contributed by atoms with Crippen LogP contribution in [0.25, 0.3) is 0 Å². The summed E-state index contributed by atoms with van der Waals surface area (Å²) in [5.74, 6) is 3.30. The quantitative estimate of drug-likeness (QED) is 0.318. The van der Waals surface area contributed by atoms with Gasteiger partial charge in [-0.1, -0.05) is 25.9 Å². The van der Waals surface area contributed by atoms with Gasteiger partial charge in [0, 0.05) is 57.0 Å². The molecule has 3 fully saturated rings. The van der Waals surface area contributed by atoms with E-state index < -0.39 is 5.60 Å². The summed E-state index contributed by atoms with van der Waals surface area (Å²) in [5.41, 5.74) is -0.545. The molecule has 12 heteroatoms. The Morgan fingerprint density at radius 2 is 1.82 bits per heavy atom. The molecular formula is C33H51N7O5. The number of esters is 1. The second kappa shape index (κ2) is 14.3. The summed E-state index contributed by atoms with van der Waals surface area (Å²) >= 11 is 0. The zero-order chi connectivity index (χ0) is 32.1. The van der Waals surface area contributed by atoms with Crippen molar-refractivity contribution in [2.75, 3.05) is 49.1 Å². The van der Waals surface area contributed by atoms with E-state index in [9.17, 15) is 9.59 Å². The predicted molar refractivity (Wildman–Crippen MR) is 170 cm³/mol. The third-order valence-corrected chi connectivity index (χ3v) is 9.35. The number of anilines is 2. The number of carbonyl (C=O) groups is 2. The summed E-state index contributed by atoms with van der Waals surface area (Å²) in [4.78, 5) is 36.4. The van der Waals surface area contributed by atoms with Gasteiger partial charge in [0.2, 0.25) is 11.8 Å². The lowest BCUT2D eigenvalue weighted by atomic mass is 9.84. The molecule has 45 heavy (non-hydrogen) atoms. The Morgan fingerprint density at radius 3 is 2.47 bits per heavy atom. The molecule has 0 spiro atoms. The van der Waals surface area contributed by atoms with Gasteiger partial charge in [-0.05, 0) is 70.8 Å². The van der Waals surface area contributed by atoms with E-state index in [0.717, 1.165) is 63.4 Å².